The van der Waals surface area contributed by atoms with Gasteiger partial charge in [0.1, 0.15) is 0 Å². The predicted octanol–water partition coefficient (Wildman–Crippen LogP) is 2.44. The maximum Gasteiger partial charge on any atom is 0.0619 e. The molecular formula is C16H23NO. The molecular weight excluding hydrogens is 222 g/mol. The van der Waals surface area contributed by atoms with E-state index in [1.165, 1.54) is 43.2 Å². The fraction of sp³-hybridized carbons (Fsp3) is 0.625. The summed E-state index contributed by atoms with van der Waals surface area (Å²) in [6.07, 6.45) is 8.57. The SMILES string of the molecule is OCC1(NC2CCCCC2)Cc2ccccc2C1. The third-order valence-electron chi connectivity index (χ3n) is 4.59. The first-order valence-electron chi connectivity index (χ1n) is 7.27. The van der Waals surface area contributed by atoms with E-state index in [1.807, 2.05) is 0 Å². The maximum atomic E-state index is 9.86. The van der Waals surface area contributed by atoms with E-state index in [2.05, 4.69) is 29.6 Å². The molecule has 18 heavy (non-hydrogen) atoms. The molecule has 2 aliphatic carbocycles. The van der Waals surface area contributed by atoms with Crippen LogP contribution in [-0.2, 0) is 12.8 Å². The Kier molecular flexibility index (Phi) is 3.40. The number of benzene rings is 1. The minimum absolute atomic E-state index is 0.0916. The molecule has 98 valence electrons. The van der Waals surface area contributed by atoms with Crippen molar-refractivity contribution in [2.24, 2.45) is 0 Å². The lowest BCUT2D eigenvalue weighted by molar-refractivity contribution is 0.144. The van der Waals surface area contributed by atoms with Crippen LogP contribution in [0.1, 0.15) is 43.2 Å². The summed E-state index contributed by atoms with van der Waals surface area (Å²) >= 11 is 0. The summed E-state index contributed by atoms with van der Waals surface area (Å²) in [5.41, 5.74) is 2.73. The number of fused-ring (bicyclic) bond motifs is 1. The number of aliphatic hydroxyl groups excluding tert-OH is 1. The first-order chi connectivity index (χ1) is 8.81. The molecule has 2 nitrogen and oxygen atoms in total. The van der Waals surface area contributed by atoms with Crippen LogP contribution in [0.25, 0.3) is 0 Å². The van der Waals surface area contributed by atoms with Gasteiger partial charge >= 0.3 is 0 Å². The topological polar surface area (TPSA) is 32.3 Å². The van der Waals surface area contributed by atoms with Crippen molar-refractivity contribution < 1.29 is 5.11 Å². The van der Waals surface area contributed by atoms with E-state index in [-0.39, 0.29) is 12.1 Å². The van der Waals surface area contributed by atoms with Crippen LogP contribution in [0.4, 0.5) is 0 Å². The Bertz CT molecular complexity index is 384. The van der Waals surface area contributed by atoms with Crippen molar-refractivity contribution in [3.05, 3.63) is 35.4 Å². The number of rotatable bonds is 3. The van der Waals surface area contributed by atoms with E-state index in [0.29, 0.717) is 6.04 Å². The van der Waals surface area contributed by atoms with Gasteiger partial charge in [0.2, 0.25) is 0 Å². The molecule has 0 amide bonds. The van der Waals surface area contributed by atoms with Gasteiger partial charge in [0, 0.05) is 11.6 Å². The third-order valence-corrected chi connectivity index (χ3v) is 4.59. The van der Waals surface area contributed by atoms with Gasteiger partial charge in [-0.2, -0.15) is 0 Å². The lowest BCUT2D eigenvalue weighted by atomic mass is 9.90. The second-order valence-corrected chi connectivity index (χ2v) is 6.04. The first-order valence-corrected chi connectivity index (χ1v) is 7.27. The molecule has 2 aliphatic rings. The van der Waals surface area contributed by atoms with E-state index in [4.69, 9.17) is 0 Å². The molecule has 0 aromatic heterocycles. The van der Waals surface area contributed by atoms with Crippen molar-refractivity contribution in [3.8, 4) is 0 Å². The molecule has 0 spiro atoms. The van der Waals surface area contributed by atoms with Crippen LogP contribution in [0, 0.1) is 0 Å². The fourth-order valence-electron chi connectivity index (χ4n) is 3.63. The van der Waals surface area contributed by atoms with Gasteiger partial charge in [-0.15, -0.1) is 0 Å². The van der Waals surface area contributed by atoms with Gasteiger partial charge in [0.15, 0.2) is 0 Å². The molecule has 0 heterocycles. The molecule has 2 N–H and O–H groups in total. The molecule has 1 aromatic rings. The van der Waals surface area contributed by atoms with Gasteiger partial charge in [-0.05, 0) is 36.8 Å². The van der Waals surface area contributed by atoms with Crippen LogP contribution >= 0.6 is 0 Å². The molecule has 0 saturated heterocycles. The largest absolute Gasteiger partial charge is 0.394 e. The Labute approximate surface area is 109 Å². The molecule has 1 saturated carbocycles. The van der Waals surface area contributed by atoms with Crippen LogP contribution in [0.2, 0.25) is 0 Å². The van der Waals surface area contributed by atoms with Crippen LogP contribution in [0.3, 0.4) is 0 Å². The Morgan fingerprint density at radius 2 is 1.67 bits per heavy atom. The number of hydrogen-bond donors (Lipinski definition) is 2. The lowest BCUT2D eigenvalue weighted by Gasteiger charge is -2.35. The Morgan fingerprint density at radius 3 is 2.22 bits per heavy atom. The molecule has 0 radical (unpaired) electrons. The summed E-state index contributed by atoms with van der Waals surface area (Å²) in [6.45, 7) is 0.248. The average molecular weight is 245 g/mol. The van der Waals surface area contributed by atoms with Gasteiger partial charge in [0.05, 0.1) is 6.61 Å². The number of aliphatic hydroxyl groups is 1. The summed E-state index contributed by atoms with van der Waals surface area (Å²) in [6, 6.07) is 9.23. The van der Waals surface area contributed by atoms with Gasteiger partial charge in [0.25, 0.3) is 0 Å². The fourth-order valence-corrected chi connectivity index (χ4v) is 3.63. The normalized spacial score (nSPS) is 22.9. The molecule has 0 atom stereocenters. The number of nitrogens with one attached hydrogen (secondary N) is 1. The summed E-state index contributed by atoms with van der Waals surface area (Å²) in [7, 11) is 0. The Hall–Kier alpha value is -0.860. The first kappa shape index (κ1) is 12.2. The van der Waals surface area contributed by atoms with Crippen molar-refractivity contribution in [3.63, 3.8) is 0 Å². The molecule has 3 rings (SSSR count). The smallest absolute Gasteiger partial charge is 0.0619 e. The van der Waals surface area contributed by atoms with Crippen molar-refractivity contribution in [1.29, 1.82) is 0 Å². The predicted molar refractivity (Wildman–Crippen MR) is 73.7 cm³/mol. The highest BCUT2D eigenvalue weighted by molar-refractivity contribution is 5.36. The second-order valence-electron chi connectivity index (χ2n) is 6.04. The highest BCUT2D eigenvalue weighted by Crippen LogP contribution is 2.31. The van der Waals surface area contributed by atoms with Gasteiger partial charge in [-0.25, -0.2) is 0 Å². The minimum atomic E-state index is -0.0916. The quantitative estimate of drug-likeness (QED) is 0.857. The van der Waals surface area contributed by atoms with Crippen LogP contribution in [0.5, 0.6) is 0 Å². The number of hydrogen-bond acceptors (Lipinski definition) is 2. The highest BCUT2D eigenvalue weighted by Gasteiger charge is 2.38. The molecule has 0 bridgehead atoms. The van der Waals surface area contributed by atoms with Crippen molar-refractivity contribution in [2.45, 2.75) is 56.5 Å². The monoisotopic (exact) mass is 245 g/mol. The molecule has 0 unspecified atom stereocenters. The van der Waals surface area contributed by atoms with Crippen LogP contribution in [-0.4, -0.2) is 23.3 Å². The molecule has 0 aliphatic heterocycles. The van der Waals surface area contributed by atoms with Gasteiger partial charge < -0.3 is 10.4 Å². The standard InChI is InChI=1S/C16H23NO/c18-12-16(17-15-8-2-1-3-9-15)10-13-6-4-5-7-14(13)11-16/h4-7,15,17-18H,1-3,8-12H2. The summed E-state index contributed by atoms with van der Waals surface area (Å²) in [4.78, 5) is 0. The maximum absolute atomic E-state index is 9.86. The zero-order valence-electron chi connectivity index (χ0n) is 11.0. The summed E-state index contributed by atoms with van der Waals surface area (Å²) in [5.74, 6) is 0. The van der Waals surface area contributed by atoms with E-state index < -0.39 is 0 Å². The zero-order valence-corrected chi connectivity index (χ0v) is 11.0. The highest BCUT2D eigenvalue weighted by atomic mass is 16.3. The average Bonchev–Trinajstić information content (AvgIpc) is 2.78. The molecule has 1 aromatic carbocycles. The van der Waals surface area contributed by atoms with E-state index >= 15 is 0 Å². The van der Waals surface area contributed by atoms with E-state index in [9.17, 15) is 5.11 Å². The lowest BCUT2D eigenvalue weighted by Crippen LogP contribution is -2.54. The Balaban J connectivity index is 1.73. The van der Waals surface area contributed by atoms with Crippen LogP contribution in [0.15, 0.2) is 24.3 Å². The van der Waals surface area contributed by atoms with Crippen LogP contribution < -0.4 is 5.32 Å². The summed E-state index contributed by atoms with van der Waals surface area (Å²) in [5, 5.41) is 13.6. The summed E-state index contributed by atoms with van der Waals surface area (Å²) < 4.78 is 0. The van der Waals surface area contributed by atoms with Gasteiger partial charge in [-0.3, -0.25) is 0 Å². The van der Waals surface area contributed by atoms with Crippen molar-refractivity contribution in [2.75, 3.05) is 6.61 Å². The second kappa shape index (κ2) is 5.02. The van der Waals surface area contributed by atoms with Crippen molar-refractivity contribution in [1.82, 2.24) is 5.32 Å². The molecule has 2 heteroatoms. The van der Waals surface area contributed by atoms with E-state index in [0.717, 1.165) is 12.8 Å². The third kappa shape index (κ3) is 2.32. The van der Waals surface area contributed by atoms with Gasteiger partial charge in [-0.1, -0.05) is 43.5 Å². The minimum Gasteiger partial charge on any atom is -0.394 e. The molecule has 1 fully saturated rings. The van der Waals surface area contributed by atoms with Crippen molar-refractivity contribution >= 4 is 0 Å². The van der Waals surface area contributed by atoms with E-state index in [1.54, 1.807) is 0 Å². The zero-order chi connectivity index (χ0) is 12.4. The Morgan fingerprint density at radius 1 is 1.06 bits per heavy atom.